The number of nitrogens with zero attached hydrogens (tertiary/aromatic N) is 2. The average Bonchev–Trinajstić information content (AvgIpc) is 2.98. The Balaban J connectivity index is 2.01. The van der Waals surface area contributed by atoms with Gasteiger partial charge < -0.3 is 19.7 Å². The summed E-state index contributed by atoms with van der Waals surface area (Å²) < 4.78 is 53.1. The smallest absolute Gasteiger partial charge is 0.264 e. The lowest BCUT2D eigenvalue weighted by molar-refractivity contribution is -0.139. The van der Waals surface area contributed by atoms with Crippen molar-refractivity contribution in [1.29, 1.82) is 0 Å². The van der Waals surface area contributed by atoms with Crippen LogP contribution in [0.4, 0.5) is 10.1 Å². The molecule has 0 radical (unpaired) electrons. The third-order valence-electron chi connectivity index (χ3n) is 6.32. The van der Waals surface area contributed by atoms with Gasteiger partial charge in [-0.25, -0.2) is 12.8 Å². The summed E-state index contributed by atoms with van der Waals surface area (Å²) in [5.74, 6) is -0.479. The molecule has 11 heteroatoms. The molecule has 0 saturated heterocycles. The molecule has 0 aliphatic heterocycles. The van der Waals surface area contributed by atoms with E-state index in [1.807, 2.05) is 13.8 Å². The highest BCUT2D eigenvalue weighted by Gasteiger charge is 2.32. The number of halogens is 1. The number of sulfonamides is 1. The fraction of sp³-hybridized carbons (Fsp3) is 0.333. The van der Waals surface area contributed by atoms with E-state index < -0.39 is 34.3 Å². The van der Waals surface area contributed by atoms with Crippen molar-refractivity contribution in [3.63, 3.8) is 0 Å². The normalized spacial score (nSPS) is 11.8. The van der Waals surface area contributed by atoms with Crippen molar-refractivity contribution < 1.29 is 31.9 Å². The topological polar surface area (TPSA) is 105 Å². The van der Waals surface area contributed by atoms with Crippen LogP contribution in [0, 0.1) is 5.82 Å². The highest BCUT2D eigenvalue weighted by molar-refractivity contribution is 7.92. The van der Waals surface area contributed by atoms with Gasteiger partial charge >= 0.3 is 0 Å². The fourth-order valence-electron chi connectivity index (χ4n) is 4.08. The minimum atomic E-state index is -4.28. The molecule has 1 N–H and O–H groups in total. The lowest BCUT2D eigenvalue weighted by atomic mass is 10.1. The summed E-state index contributed by atoms with van der Waals surface area (Å²) in [6, 6.07) is 16.8. The maximum absolute atomic E-state index is 13.9. The van der Waals surface area contributed by atoms with Crippen molar-refractivity contribution in [3.8, 4) is 11.5 Å². The Morgan fingerprint density at radius 3 is 2.27 bits per heavy atom. The maximum Gasteiger partial charge on any atom is 0.264 e. The second-order valence-corrected chi connectivity index (χ2v) is 11.1. The first kappa shape index (κ1) is 31.4. The van der Waals surface area contributed by atoms with E-state index in [-0.39, 0.29) is 23.0 Å². The number of amides is 2. The predicted molar refractivity (Wildman–Crippen MR) is 155 cm³/mol. The van der Waals surface area contributed by atoms with Crippen LogP contribution in [-0.2, 0) is 26.2 Å². The van der Waals surface area contributed by atoms with Gasteiger partial charge in [0.2, 0.25) is 11.8 Å². The summed E-state index contributed by atoms with van der Waals surface area (Å²) in [7, 11) is -2.76. The molecule has 0 saturated carbocycles. The second-order valence-electron chi connectivity index (χ2n) is 9.23. The molecule has 1 atom stereocenters. The van der Waals surface area contributed by atoms with Crippen LogP contribution < -0.4 is 19.1 Å². The first-order valence-electron chi connectivity index (χ1n) is 13.3. The van der Waals surface area contributed by atoms with E-state index in [9.17, 15) is 22.4 Å². The lowest BCUT2D eigenvalue weighted by Crippen LogP contribution is -2.51. The zero-order chi connectivity index (χ0) is 30.0. The van der Waals surface area contributed by atoms with Crippen molar-refractivity contribution in [2.45, 2.75) is 44.7 Å². The summed E-state index contributed by atoms with van der Waals surface area (Å²) >= 11 is 0. The van der Waals surface area contributed by atoms with Crippen LogP contribution in [0.5, 0.6) is 11.5 Å². The Morgan fingerprint density at radius 1 is 0.976 bits per heavy atom. The van der Waals surface area contributed by atoms with E-state index >= 15 is 0 Å². The average molecular weight is 586 g/mol. The van der Waals surface area contributed by atoms with Crippen molar-refractivity contribution in [2.24, 2.45) is 0 Å². The quantitative estimate of drug-likeness (QED) is 0.301. The Kier molecular flexibility index (Phi) is 11.1. The van der Waals surface area contributed by atoms with Crippen LogP contribution in [0.25, 0.3) is 0 Å². The Morgan fingerprint density at radius 2 is 1.66 bits per heavy atom. The molecule has 0 fully saturated rings. The van der Waals surface area contributed by atoms with Crippen molar-refractivity contribution in [2.75, 3.05) is 31.1 Å². The number of carbonyl (C=O) groups is 2. The molecule has 9 nitrogen and oxygen atoms in total. The lowest BCUT2D eigenvalue weighted by Gasteiger charge is -2.32. The number of rotatable bonds is 14. The summed E-state index contributed by atoms with van der Waals surface area (Å²) in [5.41, 5.74) is 0.786. The molecule has 220 valence electrons. The highest BCUT2D eigenvalue weighted by Crippen LogP contribution is 2.26. The number of anilines is 1. The number of methoxy groups -OCH3 is 1. The third-order valence-corrected chi connectivity index (χ3v) is 8.11. The minimum Gasteiger partial charge on any atom is -0.497 e. The monoisotopic (exact) mass is 585 g/mol. The summed E-state index contributed by atoms with van der Waals surface area (Å²) in [6.07, 6.45) is 0.709. The van der Waals surface area contributed by atoms with E-state index in [4.69, 9.17) is 9.47 Å². The van der Waals surface area contributed by atoms with Crippen LogP contribution in [0.1, 0.15) is 32.8 Å². The molecule has 0 bridgehead atoms. The van der Waals surface area contributed by atoms with E-state index in [1.54, 1.807) is 31.2 Å². The molecule has 0 heterocycles. The minimum absolute atomic E-state index is 0.0249. The van der Waals surface area contributed by atoms with E-state index in [1.165, 1.54) is 48.4 Å². The zero-order valence-corrected chi connectivity index (χ0v) is 24.5. The van der Waals surface area contributed by atoms with Crippen LogP contribution in [0.15, 0.2) is 77.7 Å². The first-order chi connectivity index (χ1) is 19.6. The van der Waals surface area contributed by atoms with Gasteiger partial charge in [0.25, 0.3) is 10.0 Å². The van der Waals surface area contributed by atoms with Gasteiger partial charge in [-0.05, 0) is 86.5 Å². The standard InChI is InChI=1S/C30H36FN3O6S/c1-5-18-32-30(36)22(3)33(20-23-8-7-9-27(19-23)39-4)29(35)21-34(25-12-10-24(31)11-13-25)41(37,38)28-16-14-26(15-17-28)40-6-2/h7-17,19,22H,5-6,18,20-21H2,1-4H3,(H,32,36)/t22-/m1/s1. The second kappa shape index (κ2) is 14.5. The molecular formula is C30H36FN3O6S. The summed E-state index contributed by atoms with van der Waals surface area (Å²) in [4.78, 5) is 28.1. The number of nitrogens with one attached hydrogen (secondary N) is 1. The maximum atomic E-state index is 13.9. The Labute approximate surface area is 240 Å². The zero-order valence-electron chi connectivity index (χ0n) is 23.7. The molecule has 3 aromatic carbocycles. The number of carbonyl (C=O) groups excluding carboxylic acids is 2. The number of benzene rings is 3. The molecule has 3 aromatic rings. The Hall–Kier alpha value is -4.12. The van der Waals surface area contributed by atoms with E-state index in [2.05, 4.69) is 5.32 Å². The Bertz CT molecular complexity index is 1410. The highest BCUT2D eigenvalue weighted by atomic mass is 32.2. The predicted octanol–water partition coefficient (Wildman–Crippen LogP) is 4.37. The summed E-state index contributed by atoms with van der Waals surface area (Å²) in [5, 5.41) is 2.80. The molecule has 2 amide bonds. The fourth-order valence-corrected chi connectivity index (χ4v) is 5.50. The van der Waals surface area contributed by atoms with Gasteiger partial charge in [-0.1, -0.05) is 19.1 Å². The molecule has 0 aliphatic rings. The number of ether oxygens (including phenoxy) is 2. The molecule has 41 heavy (non-hydrogen) atoms. The molecular weight excluding hydrogens is 549 g/mol. The molecule has 0 aromatic heterocycles. The van der Waals surface area contributed by atoms with Gasteiger partial charge in [0.05, 0.1) is 24.3 Å². The van der Waals surface area contributed by atoms with Gasteiger partial charge in [-0.2, -0.15) is 0 Å². The van der Waals surface area contributed by atoms with Crippen LogP contribution in [0.2, 0.25) is 0 Å². The third kappa shape index (κ3) is 8.20. The van der Waals surface area contributed by atoms with Crippen LogP contribution in [0.3, 0.4) is 0 Å². The van der Waals surface area contributed by atoms with Gasteiger partial charge in [-0.15, -0.1) is 0 Å². The van der Waals surface area contributed by atoms with Crippen molar-refractivity contribution in [1.82, 2.24) is 10.2 Å². The van der Waals surface area contributed by atoms with Crippen LogP contribution in [-0.4, -0.2) is 58.0 Å². The number of hydrogen-bond acceptors (Lipinski definition) is 6. The number of hydrogen-bond donors (Lipinski definition) is 1. The van der Waals surface area contributed by atoms with Gasteiger partial charge in [-0.3, -0.25) is 13.9 Å². The van der Waals surface area contributed by atoms with Crippen molar-refractivity contribution in [3.05, 3.63) is 84.2 Å². The molecule has 0 unspecified atom stereocenters. The summed E-state index contributed by atoms with van der Waals surface area (Å²) in [6.45, 7) is 5.55. The van der Waals surface area contributed by atoms with Crippen molar-refractivity contribution >= 4 is 27.5 Å². The van der Waals surface area contributed by atoms with Crippen LogP contribution >= 0.6 is 0 Å². The van der Waals surface area contributed by atoms with Gasteiger partial charge in [0, 0.05) is 13.1 Å². The SMILES string of the molecule is CCCNC(=O)[C@@H](C)N(Cc1cccc(OC)c1)C(=O)CN(c1ccc(F)cc1)S(=O)(=O)c1ccc(OCC)cc1. The van der Waals surface area contributed by atoms with E-state index in [0.717, 1.165) is 16.4 Å². The molecule has 0 spiro atoms. The first-order valence-corrected chi connectivity index (χ1v) is 14.8. The molecule has 0 aliphatic carbocycles. The van der Waals surface area contributed by atoms with Gasteiger partial charge in [0.15, 0.2) is 0 Å². The van der Waals surface area contributed by atoms with Gasteiger partial charge in [0.1, 0.15) is 29.9 Å². The van der Waals surface area contributed by atoms with E-state index in [0.29, 0.717) is 36.6 Å². The largest absolute Gasteiger partial charge is 0.497 e. The molecule has 3 rings (SSSR count).